The fourth-order valence-electron chi connectivity index (χ4n) is 7.46. The molecule has 3 aliphatic rings. The minimum Gasteiger partial charge on any atom is -0.462 e. The maximum absolute atomic E-state index is 13.3. The van der Waals surface area contributed by atoms with Crippen LogP contribution < -0.4 is 0 Å². The number of carbonyl (C=O) groups excluding carboxylic acids is 3. The van der Waals surface area contributed by atoms with Crippen LogP contribution in [-0.4, -0.2) is 47.4 Å². The first kappa shape index (κ1) is 28.1. The largest absolute Gasteiger partial charge is 0.462 e. The predicted molar refractivity (Wildman–Crippen MR) is 149 cm³/mol. The zero-order chi connectivity index (χ0) is 28.7. The van der Waals surface area contributed by atoms with Crippen molar-refractivity contribution >= 4 is 24.0 Å². The molecular weight excluding hydrogens is 508 g/mol. The number of fused-ring (bicyclic) bond motifs is 1. The molecule has 0 radical (unpaired) electrons. The summed E-state index contributed by atoms with van der Waals surface area (Å²) in [5, 5.41) is 0. The van der Waals surface area contributed by atoms with E-state index in [0.29, 0.717) is 24.8 Å². The molecule has 2 saturated carbocycles. The molecule has 0 aromatic heterocycles. The Morgan fingerprint density at radius 3 is 2.17 bits per heavy atom. The first-order valence-electron chi connectivity index (χ1n) is 14.1. The van der Waals surface area contributed by atoms with Crippen LogP contribution in [0.25, 0.3) is 6.08 Å². The van der Waals surface area contributed by atoms with Gasteiger partial charge in [0, 0.05) is 18.9 Å². The van der Waals surface area contributed by atoms with E-state index in [4.69, 9.17) is 18.9 Å². The minimum atomic E-state index is -1.05. The highest BCUT2D eigenvalue weighted by molar-refractivity contribution is 5.89. The molecule has 1 heterocycles. The normalized spacial score (nSPS) is 34.1. The van der Waals surface area contributed by atoms with Gasteiger partial charge >= 0.3 is 17.9 Å². The summed E-state index contributed by atoms with van der Waals surface area (Å²) in [5.74, 6) is -1.64. The van der Waals surface area contributed by atoms with Crippen LogP contribution in [0.5, 0.6) is 0 Å². The van der Waals surface area contributed by atoms with Crippen molar-refractivity contribution in [3.05, 3.63) is 77.9 Å². The van der Waals surface area contributed by atoms with Crippen LogP contribution in [0.4, 0.5) is 0 Å². The van der Waals surface area contributed by atoms with Crippen molar-refractivity contribution in [2.75, 3.05) is 0 Å². The summed E-state index contributed by atoms with van der Waals surface area (Å²) < 4.78 is 25.5. The van der Waals surface area contributed by atoms with Gasteiger partial charge in [-0.1, -0.05) is 55.5 Å². The lowest BCUT2D eigenvalue weighted by molar-refractivity contribution is -0.285. The topological polar surface area (TPSA) is 88.1 Å². The molecule has 2 aromatic carbocycles. The first-order chi connectivity index (χ1) is 19.0. The molecular formula is C33H38O7. The van der Waals surface area contributed by atoms with E-state index in [9.17, 15) is 14.4 Å². The molecule has 1 spiro atoms. The van der Waals surface area contributed by atoms with Gasteiger partial charge in [-0.25, -0.2) is 9.59 Å². The molecule has 2 aliphatic carbocycles. The van der Waals surface area contributed by atoms with E-state index in [1.165, 1.54) is 13.0 Å². The van der Waals surface area contributed by atoms with E-state index < -0.39 is 52.8 Å². The second-order valence-corrected chi connectivity index (χ2v) is 12.1. The predicted octanol–water partition coefficient (Wildman–Crippen LogP) is 5.77. The zero-order valence-corrected chi connectivity index (χ0v) is 23.8. The number of ether oxygens (including phenoxy) is 4. The Kier molecular flexibility index (Phi) is 7.38. The summed E-state index contributed by atoms with van der Waals surface area (Å²) in [7, 11) is 0. The summed E-state index contributed by atoms with van der Waals surface area (Å²) in [5.41, 5.74) is -1.37. The maximum Gasteiger partial charge on any atom is 0.338 e. The van der Waals surface area contributed by atoms with Gasteiger partial charge in [0.05, 0.1) is 16.6 Å². The van der Waals surface area contributed by atoms with E-state index in [-0.39, 0.29) is 11.8 Å². The lowest BCUT2D eigenvalue weighted by Crippen LogP contribution is -2.73. The molecule has 212 valence electrons. The second kappa shape index (κ2) is 10.5. The Labute approximate surface area is 235 Å². The van der Waals surface area contributed by atoms with Gasteiger partial charge in [-0.2, -0.15) is 0 Å². The molecule has 7 atom stereocenters. The molecule has 7 heteroatoms. The highest BCUT2D eigenvalue weighted by Crippen LogP contribution is 2.67. The van der Waals surface area contributed by atoms with Crippen LogP contribution in [0.3, 0.4) is 0 Å². The molecule has 3 fully saturated rings. The van der Waals surface area contributed by atoms with E-state index in [0.717, 1.165) is 5.56 Å². The lowest BCUT2D eigenvalue weighted by Gasteiger charge is -2.61. The van der Waals surface area contributed by atoms with Crippen LogP contribution in [0.1, 0.15) is 69.8 Å². The summed E-state index contributed by atoms with van der Waals surface area (Å²) in [6.45, 7) is 9.43. The van der Waals surface area contributed by atoms with E-state index in [1.54, 1.807) is 30.3 Å². The third-order valence-corrected chi connectivity index (χ3v) is 9.38. The van der Waals surface area contributed by atoms with Crippen LogP contribution in [0.2, 0.25) is 0 Å². The minimum absolute atomic E-state index is 0.0669. The molecule has 2 bridgehead atoms. The zero-order valence-electron chi connectivity index (χ0n) is 23.8. The maximum atomic E-state index is 13.3. The van der Waals surface area contributed by atoms with Crippen LogP contribution in [0, 0.1) is 17.3 Å². The number of benzene rings is 2. The fraction of sp³-hybridized carbons (Fsp3) is 0.485. The number of hydrogen-bond donors (Lipinski definition) is 0. The highest BCUT2D eigenvalue weighted by atomic mass is 16.6. The standard InChI is InChI=1S/C33H38O7/c1-21-16-18-26(37-22(2)34)32(5)27(38-30(36)24-14-10-7-11-15-24)20-25-29(33(21,32)40-31(25,3)4)39-28(35)19-17-23-12-8-6-9-13-23/h6-15,17,19,21,25-27,29H,16,18,20H2,1-5H3/b19-17+/t21-,25-,26+,27+,29-,32+,33-/m1/s1. The van der Waals surface area contributed by atoms with Gasteiger partial charge in [-0.15, -0.1) is 0 Å². The summed E-state index contributed by atoms with van der Waals surface area (Å²) in [6, 6.07) is 18.4. The van der Waals surface area contributed by atoms with Crippen molar-refractivity contribution in [3.63, 3.8) is 0 Å². The van der Waals surface area contributed by atoms with E-state index >= 15 is 0 Å². The molecule has 40 heavy (non-hydrogen) atoms. The van der Waals surface area contributed by atoms with Crippen molar-refractivity contribution < 1.29 is 33.3 Å². The summed E-state index contributed by atoms with van der Waals surface area (Å²) >= 11 is 0. The van der Waals surface area contributed by atoms with Crippen LogP contribution in [-0.2, 0) is 28.5 Å². The molecule has 2 aromatic rings. The summed E-state index contributed by atoms with van der Waals surface area (Å²) in [6.07, 6.45) is 3.00. The Morgan fingerprint density at radius 2 is 1.52 bits per heavy atom. The Balaban J connectivity index is 1.55. The average Bonchev–Trinajstić information content (AvgIpc) is 3.10. The van der Waals surface area contributed by atoms with Gasteiger partial charge in [-0.05, 0) is 69.7 Å². The Bertz CT molecular complexity index is 1290. The smallest absolute Gasteiger partial charge is 0.338 e. The second-order valence-electron chi connectivity index (χ2n) is 12.1. The average molecular weight is 547 g/mol. The van der Waals surface area contributed by atoms with Gasteiger partial charge in [0.1, 0.15) is 23.9 Å². The quantitative estimate of drug-likeness (QED) is 0.258. The molecule has 7 nitrogen and oxygen atoms in total. The highest BCUT2D eigenvalue weighted by Gasteiger charge is 2.79. The molecule has 0 N–H and O–H groups in total. The molecule has 0 unspecified atom stereocenters. The van der Waals surface area contributed by atoms with Crippen molar-refractivity contribution in [2.24, 2.45) is 17.3 Å². The third kappa shape index (κ3) is 4.64. The number of hydrogen-bond acceptors (Lipinski definition) is 7. The van der Waals surface area contributed by atoms with E-state index in [2.05, 4.69) is 6.92 Å². The molecule has 1 aliphatic heterocycles. The number of esters is 3. The first-order valence-corrected chi connectivity index (χ1v) is 14.1. The molecule has 0 amide bonds. The van der Waals surface area contributed by atoms with Gasteiger partial charge in [0.15, 0.2) is 0 Å². The van der Waals surface area contributed by atoms with Crippen molar-refractivity contribution in [2.45, 2.75) is 83.4 Å². The number of rotatable bonds is 6. The Hall–Kier alpha value is -3.45. The van der Waals surface area contributed by atoms with E-state index in [1.807, 2.05) is 57.2 Å². The van der Waals surface area contributed by atoms with Gasteiger partial charge in [0.25, 0.3) is 0 Å². The summed E-state index contributed by atoms with van der Waals surface area (Å²) in [4.78, 5) is 38.9. The van der Waals surface area contributed by atoms with Gasteiger partial charge < -0.3 is 18.9 Å². The third-order valence-electron chi connectivity index (χ3n) is 9.38. The van der Waals surface area contributed by atoms with Crippen molar-refractivity contribution in [3.8, 4) is 0 Å². The SMILES string of the molecule is CC(=O)O[C@H]1CC[C@@H](C)[C@]23OC(C)(C)[C@H](C[C@H](OC(=O)c4ccccc4)[C@]12C)[C@H]3OC(=O)/C=C/c1ccccc1. The van der Waals surface area contributed by atoms with Crippen LogP contribution >= 0.6 is 0 Å². The number of carbonyl (C=O) groups is 3. The molecule has 1 saturated heterocycles. The monoisotopic (exact) mass is 546 g/mol. The van der Waals surface area contributed by atoms with Crippen molar-refractivity contribution in [1.82, 2.24) is 0 Å². The fourth-order valence-corrected chi connectivity index (χ4v) is 7.46. The van der Waals surface area contributed by atoms with Crippen molar-refractivity contribution in [1.29, 1.82) is 0 Å². The van der Waals surface area contributed by atoms with Gasteiger partial charge in [-0.3, -0.25) is 4.79 Å². The Morgan fingerprint density at radius 1 is 0.875 bits per heavy atom. The van der Waals surface area contributed by atoms with Crippen LogP contribution in [0.15, 0.2) is 66.7 Å². The molecule has 5 rings (SSSR count). The lowest BCUT2D eigenvalue weighted by atomic mass is 9.49. The van der Waals surface area contributed by atoms with Gasteiger partial charge in [0.2, 0.25) is 0 Å².